The van der Waals surface area contributed by atoms with E-state index in [1.807, 2.05) is 18.2 Å². The van der Waals surface area contributed by atoms with E-state index in [0.29, 0.717) is 51.7 Å². The summed E-state index contributed by atoms with van der Waals surface area (Å²) in [6.45, 7) is 4.90. The van der Waals surface area contributed by atoms with Crippen molar-refractivity contribution in [2.24, 2.45) is 33.6 Å². The monoisotopic (exact) mass is 637 g/mol. The Balaban J connectivity index is 1.16. The number of aliphatic imine (C=N–C) groups is 1. The van der Waals surface area contributed by atoms with Crippen LogP contribution in [0.3, 0.4) is 0 Å². The molecule has 7 rings (SSSR count). The van der Waals surface area contributed by atoms with Gasteiger partial charge in [0.15, 0.2) is 6.29 Å². The molecule has 5 fully saturated rings. The number of ether oxygens (including phenoxy) is 3. The summed E-state index contributed by atoms with van der Waals surface area (Å²) in [6.07, 6.45) is 7.68. The molecule has 1 aromatic rings. The Morgan fingerprint density at radius 3 is 2.54 bits per heavy atom. The molecule has 0 aromatic heterocycles. The first-order valence-corrected chi connectivity index (χ1v) is 17.5. The van der Waals surface area contributed by atoms with Crippen LogP contribution in [-0.2, 0) is 25.4 Å². The summed E-state index contributed by atoms with van der Waals surface area (Å²) in [5, 5.41) is 46.0. The van der Waals surface area contributed by atoms with Crippen molar-refractivity contribution >= 4 is 12.2 Å². The van der Waals surface area contributed by atoms with Crippen LogP contribution in [0.5, 0.6) is 0 Å². The van der Waals surface area contributed by atoms with Crippen molar-refractivity contribution in [2.75, 3.05) is 13.2 Å². The third-order valence-corrected chi connectivity index (χ3v) is 13.3. The number of aliphatic hydroxyl groups excluding tert-OH is 2. The summed E-state index contributed by atoms with van der Waals surface area (Å²) in [5.74, 6) is -0.110. The Bertz CT molecular complexity index is 1340. The Kier molecular flexibility index (Phi) is 8.51. The maximum atomic E-state index is 12.7. The first kappa shape index (κ1) is 32.4. The van der Waals surface area contributed by atoms with Crippen LogP contribution in [-0.4, -0.2) is 87.7 Å². The highest BCUT2D eigenvalue weighted by Gasteiger charge is 2.71. The number of hydrogen-bond donors (Lipinski definition) is 4. The normalized spacial score (nSPS) is 47.2. The fourth-order valence-corrected chi connectivity index (χ4v) is 10.9. The Morgan fingerprint density at radius 2 is 1.80 bits per heavy atom. The average Bonchev–Trinajstić information content (AvgIpc) is 3.58. The van der Waals surface area contributed by atoms with E-state index in [2.05, 4.69) is 25.3 Å². The van der Waals surface area contributed by atoms with Gasteiger partial charge in [-0.15, -0.1) is 0 Å². The molecule has 0 unspecified atom stereocenters. The standard InChI is InChI=1S/C37H51NO8/c1-23-33(41)30(39)19-32(45-23)46-26-8-14-35(22-38-17-12-24-6-4-3-5-7-24)28-9-13-34(2)27(25-18-31(40)44-21-25)11-16-37(34,43)29(28)10-15-36(35,42)20-26/h3-7,18,22-23,26-30,32-33,39,41-43H,8-17,19-21H2,1-2H3/t23-,26+,27+,28-,29+,30-,32+,33-,34-,35+,36-,37+/m1/s1. The number of rotatable bonds is 7. The molecule has 4 N–H and O–H groups in total. The molecule has 6 aliphatic rings. The van der Waals surface area contributed by atoms with E-state index >= 15 is 0 Å². The van der Waals surface area contributed by atoms with Gasteiger partial charge in [0, 0.05) is 42.5 Å². The largest absolute Gasteiger partial charge is 0.458 e. The minimum Gasteiger partial charge on any atom is -0.458 e. The van der Waals surface area contributed by atoms with Crippen molar-refractivity contribution < 1.29 is 39.4 Å². The highest BCUT2D eigenvalue weighted by molar-refractivity contribution is 5.85. The fraction of sp³-hybridized carbons (Fsp3) is 0.730. The van der Waals surface area contributed by atoms with Crippen molar-refractivity contribution in [1.82, 2.24) is 0 Å². The van der Waals surface area contributed by atoms with Gasteiger partial charge in [-0.1, -0.05) is 37.3 Å². The van der Waals surface area contributed by atoms with Crippen LogP contribution in [0.2, 0.25) is 0 Å². The Labute approximate surface area is 272 Å². The quantitative estimate of drug-likeness (QED) is 0.201. The number of carbonyl (C=O) groups is 1. The number of aliphatic hydroxyl groups is 4. The second-order valence-corrected chi connectivity index (χ2v) is 15.5. The molecule has 1 saturated heterocycles. The molecule has 0 spiro atoms. The minimum atomic E-state index is -1.07. The predicted molar refractivity (Wildman–Crippen MR) is 171 cm³/mol. The summed E-state index contributed by atoms with van der Waals surface area (Å²) < 4.78 is 17.6. The van der Waals surface area contributed by atoms with Crippen molar-refractivity contribution in [3.05, 3.63) is 47.5 Å². The van der Waals surface area contributed by atoms with E-state index in [-0.39, 0.29) is 41.7 Å². The zero-order valence-corrected chi connectivity index (χ0v) is 27.2. The number of fused-ring (bicyclic) bond motifs is 5. The van der Waals surface area contributed by atoms with Gasteiger partial charge >= 0.3 is 5.97 Å². The van der Waals surface area contributed by atoms with E-state index in [1.54, 1.807) is 13.0 Å². The maximum absolute atomic E-state index is 12.7. The molecular weight excluding hydrogens is 586 g/mol. The molecule has 252 valence electrons. The summed E-state index contributed by atoms with van der Waals surface area (Å²) in [7, 11) is 0. The zero-order chi connectivity index (χ0) is 32.3. The number of hydrogen-bond acceptors (Lipinski definition) is 9. The van der Waals surface area contributed by atoms with E-state index < -0.39 is 41.2 Å². The number of carbonyl (C=O) groups excluding carboxylic acids is 1. The highest BCUT2D eigenvalue weighted by atomic mass is 16.7. The van der Waals surface area contributed by atoms with E-state index in [1.165, 1.54) is 5.56 Å². The molecule has 0 amide bonds. The summed E-state index contributed by atoms with van der Waals surface area (Å²) in [5.41, 5.74) is -0.707. The molecule has 9 nitrogen and oxygen atoms in total. The van der Waals surface area contributed by atoms with Crippen LogP contribution in [0.4, 0.5) is 0 Å². The highest BCUT2D eigenvalue weighted by Crippen LogP contribution is 2.70. The third kappa shape index (κ3) is 5.21. The Hall–Kier alpha value is -2.14. The zero-order valence-electron chi connectivity index (χ0n) is 27.2. The van der Waals surface area contributed by atoms with Crippen molar-refractivity contribution in [3.8, 4) is 0 Å². The van der Waals surface area contributed by atoms with Gasteiger partial charge in [0.2, 0.25) is 0 Å². The van der Waals surface area contributed by atoms with E-state index in [0.717, 1.165) is 31.3 Å². The second-order valence-electron chi connectivity index (χ2n) is 15.5. The smallest absolute Gasteiger partial charge is 0.331 e. The van der Waals surface area contributed by atoms with Gasteiger partial charge in [0.05, 0.1) is 29.5 Å². The molecule has 12 atom stereocenters. The van der Waals surface area contributed by atoms with Crippen LogP contribution in [0.15, 0.2) is 47.0 Å². The lowest BCUT2D eigenvalue weighted by Crippen LogP contribution is -2.69. The molecule has 0 bridgehead atoms. The minimum absolute atomic E-state index is 0.00681. The molecular formula is C37H51NO8. The van der Waals surface area contributed by atoms with E-state index in [9.17, 15) is 25.2 Å². The molecule has 9 heteroatoms. The lowest BCUT2D eigenvalue weighted by atomic mass is 9.41. The van der Waals surface area contributed by atoms with Gasteiger partial charge in [0.1, 0.15) is 12.7 Å². The Morgan fingerprint density at radius 1 is 1.02 bits per heavy atom. The van der Waals surface area contributed by atoms with Crippen LogP contribution in [0.1, 0.15) is 83.6 Å². The van der Waals surface area contributed by atoms with Crippen LogP contribution >= 0.6 is 0 Å². The van der Waals surface area contributed by atoms with Crippen molar-refractivity contribution in [3.63, 3.8) is 0 Å². The van der Waals surface area contributed by atoms with Crippen LogP contribution in [0, 0.1) is 28.6 Å². The van der Waals surface area contributed by atoms with E-state index in [4.69, 9.17) is 19.2 Å². The van der Waals surface area contributed by atoms with Gasteiger partial charge in [-0.3, -0.25) is 4.99 Å². The van der Waals surface area contributed by atoms with Gasteiger partial charge in [-0.05, 0) is 93.6 Å². The van der Waals surface area contributed by atoms with Gasteiger partial charge in [-0.25, -0.2) is 4.79 Å². The SMILES string of the molecule is C[C@H]1O[C@@H](O[C@H]2CC[C@]3(C=NCCc4ccccc4)[C@@H]4CC[C@]5(C)[C@H](C6=CC(=O)OC6)CC[C@]5(O)[C@H]4CC[C@@]3(O)C2)C[C@@H](O)[C@@H]1O. The summed E-state index contributed by atoms with van der Waals surface area (Å²) >= 11 is 0. The second kappa shape index (κ2) is 12.1. The topological polar surface area (TPSA) is 138 Å². The predicted octanol–water partition coefficient (Wildman–Crippen LogP) is 3.89. The summed E-state index contributed by atoms with van der Waals surface area (Å²) in [6, 6.07) is 10.3. The van der Waals surface area contributed by atoms with Crippen LogP contribution < -0.4 is 0 Å². The van der Waals surface area contributed by atoms with Gasteiger partial charge in [-0.2, -0.15) is 0 Å². The number of esters is 1. The maximum Gasteiger partial charge on any atom is 0.331 e. The first-order valence-electron chi connectivity index (χ1n) is 17.5. The molecule has 1 aromatic carbocycles. The van der Waals surface area contributed by atoms with Crippen molar-refractivity contribution in [1.29, 1.82) is 0 Å². The molecule has 4 saturated carbocycles. The lowest BCUT2D eigenvalue weighted by Gasteiger charge is -2.66. The van der Waals surface area contributed by atoms with Crippen molar-refractivity contribution in [2.45, 2.75) is 126 Å². The molecule has 2 heterocycles. The number of cyclic esters (lactones) is 1. The average molecular weight is 638 g/mol. The van der Waals surface area contributed by atoms with Gasteiger partial charge < -0.3 is 34.6 Å². The molecule has 2 aliphatic heterocycles. The fourth-order valence-electron chi connectivity index (χ4n) is 10.9. The first-order chi connectivity index (χ1) is 22.0. The van der Waals surface area contributed by atoms with Gasteiger partial charge in [0.25, 0.3) is 0 Å². The summed E-state index contributed by atoms with van der Waals surface area (Å²) in [4.78, 5) is 17.0. The molecule has 0 radical (unpaired) electrons. The number of nitrogens with zero attached hydrogens (tertiary/aromatic N) is 1. The molecule has 46 heavy (non-hydrogen) atoms. The lowest BCUT2D eigenvalue weighted by molar-refractivity contribution is -0.282. The number of benzene rings is 1. The third-order valence-electron chi connectivity index (χ3n) is 13.3. The molecule has 4 aliphatic carbocycles. The van der Waals surface area contributed by atoms with Crippen LogP contribution in [0.25, 0.3) is 0 Å².